The Balaban J connectivity index is 2.61. The van der Waals surface area contributed by atoms with E-state index in [9.17, 15) is 9.18 Å². The number of carbonyl (C=O) groups excluding carboxylic acids is 1. The van der Waals surface area contributed by atoms with Gasteiger partial charge in [-0.05, 0) is 38.5 Å². The lowest BCUT2D eigenvalue weighted by atomic mass is 10.2. The first-order chi connectivity index (χ1) is 9.06. The topological polar surface area (TPSA) is 44.1 Å². The Labute approximate surface area is 110 Å². The number of hydrogen-bond donors (Lipinski definition) is 0. The molecule has 4 nitrogen and oxygen atoms in total. The molecule has 0 amide bonds. The minimum atomic E-state index is -0.501. The maximum Gasteiger partial charge on any atom is 0.418 e. The number of ether oxygens (including phenoxy) is 1. The van der Waals surface area contributed by atoms with Crippen LogP contribution in [0, 0.1) is 19.7 Å². The lowest BCUT2D eigenvalue weighted by molar-refractivity contribution is 0.154. The molecule has 0 atom stereocenters. The molecule has 19 heavy (non-hydrogen) atoms. The van der Waals surface area contributed by atoms with E-state index in [0.29, 0.717) is 11.3 Å². The summed E-state index contributed by atoms with van der Waals surface area (Å²) in [5.41, 5.74) is 2.46. The number of nitrogens with zero attached hydrogens (tertiary/aromatic N) is 2. The first-order valence-electron chi connectivity index (χ1n) is 6.02. The summed E-state index contributed by atoms with van der Waals surface area (Å²) >= 11 is 0. The van der Waals surface area contributed by atoms with Crippen molar-refractivity contribution in [2.45, 2.75) is 20.8 Å². The van der Waals surface area contributed by atoms with E-state index in [1.807, 2.05) is 6.92 Å². The van der Waals surface area contributed by atoms with Crippen molar-refractivity contribution in [3.8, 4) is 11.3 Å². The molecule has 0 radical (unpaired) electrons. The van der Waals surface area contributed by atoms with Crippen LogP contribution in [0.3, 0.4) is 0 Å². The molecule has 100 valence electrons. The molecule has 0 bridgehead atoms. The van der Waals surface area contributed by atoms with Crippen LogP contribution in [0.4, 0.5) is 9.18 Å². The Bertz CT molecular complexity index is 620. The lowest BCUT2D eigenvalue weighted by Crippen LogP contribution is -2.16. The Morgan fingerprint density at radius 3 is 2.84 bits per heavy atom. The molecule has 0 spiro atoms. The quantitative estimate of drug-likeness (QED) is 0.834. The zero-order valence-electron chi connectivity index (χ0n) is 11.1. The van der Waals surface area contributed by atoms with Gasteiger partial charge in [-0.25, -0.2) is 13.8 Å². The molecule has 0 aromatic carbocycles. The fourth-order valence-electron chi connectivity index (χ4n) is 1.94. The van der Waals surface area contributed by atoms with Gasteiger partial charge in [0.2, 0.25) is 0 Å². The molecule has 2 rings (SSSR count). The number of hydrogen-bond acceptors (Lipinski definition) is 3. The van der Waals surface area contributed by atoms with Crippen molar-refractivity contribution in [2.75, 3.05) is 6.61 Å². The normalized spacial score (nSPS) is 10.5. The first kappa shape index (κ1) is 13.3. The standard InChI is InChI=1S/C14H15FN2O2/c1-4-19-14(18)17-10(3)9(2)7-13(17)11-5-6-16-8-12(11)15/h5-8H,4H2,1-3H3. The summed E-state index contributed by atoms with van der Waals surface area (Å²) in [5, 5.41) is 0. The number of aryl methyl sites for hydroxylation is 1. The summed E-state index contributed by atoms with van der Waals surface area (Å²) < 4.78 is 20.2. The smallest absolute Gasteiger partial charge is 0.418 e. The Hall–Kier alpha value is -2.17. The molecule has 0 saturated heterocycles. The lowest BCUT2D eigenvalue weighted by Gasteiger charge is -2.10. The molecule has 2 aromatic heterocycles. The van der Waals surface area contributed by atoms with Crippen LogP contribution in [0.15, 0.2) is 24.5 Å². The zero-order valence-corrected chi connectivity index (χ0v) is 11.1. The third-order valence-electron chi connectivity index (χ3n) is 3.00. The van der Waals surface area contributed by atoms with E-state index < -0.39 is 11.9 Å². The summed E-state index contributed by atoms with van der Waals surface area (Å²) in [6, 6.07) is 3.31. The number of rotatable bonds is 2. The van der Waals surface area contributed by atoms with Crippen molar-refractivity contribution in [3.05, 3.63) is 41.6 Å². The van der Waals surface area contributed by atoms with Gasteiger partial charge in [-0.15, -0.1) is 0 Å². The zero-order chi connectivity index (χ0) is 14.0. The van der Waals surface area contributed by atoms with Crippen LogP contribution in [0.1, 0.15) is 18.2 Å². The van der Waals surface area contributed by atoms with Crippen LogP contribution >= 0.6 is 0 Å². The fourth-order valence-corrected chi connectivity index (χ4v) is 1.94. The van der Waals surface area contributed by atoms with Crippen LogP contribution in [0.25, 0.3) is 11.3 Å². The van der Waals surface area contributed by atoms with Gasteiger partial charge in [-0.1, -0.05) is 0 Å². The van der Waals surface area contributed by atoms with E-state index in [4.69, 9.17) is 4.74 Å². The molecule has 0 aliphatic rings. The van der Waals surface area contributed by atoms with Gasteiger partial charge in [0.15, 0.2) is 5.82 Å². The number of pyridine rings is 1. The first-order valence-corrected chi connectivity index (χ1v) is 6.02. The predicted molar refractivity (Wildman–Crippen MR) is 69.5 cm³/mol. The van der Waals surface area contributed by atoms with Crippen molar-refractivity contribution in [2.24, 2.45) is 0 Å². The maximum absolute atomic E-state index is 13.8. The molecule has 2 aromatic rings. The second-order valence-electron chi connectivity index (χ2n) is 4.19. The van der Waals surface area contributed by atoms with Crippen molar-refractivity contribution in [1.82, 2.24) is 9.55 Å². The van der Waals surface area contributed by atoms with Gasteiger partial charge in [0.1, 0.15) is 0 Å². The minimum Gasteiger partial charge on any atom is -0.449 e. The molecule has 0 aliphatic heterocycles. The Morgan fingerprint density at radius 2 is 2.21 bits per heavy atom. The highest BCUT2D eigenvalue weighted by molar-refractivity contribution is 5.80. The second-order valence-corrected chi connectivity index (χ2v) is 4.19. The molecule has 2 heterocycles. The Kier molecular flexibility index (Phi) is 3.64. The molecule has 0 N–H and O–H groups in total. The minimum absolute atomic E-state index is 0.272. The summed E-state index contributed by atoms with van der Waals surface area (Å²) in [5.74, 6) is -0.467. The highest BCUT2D eigenvalue weighted by Crippen LogP contribution is 2.27. The summed E-state index contributed by atoms with van der Waals surface area (Å²) in [7, 11) is 0. The SMILES string of the molecule is CCOC(=O)n1c(-c2ccncc2F)cc(C)c1C. The summed E-state index contributed by atoms with van der Waals surface area (Å²) in [6.07, 6.45) is 2.12. The highest BCUT2D eigenvalue weighted by Gasteiger charge is 2.19. The molecule has 0 unspecified atom stereocenters. The maximum atomic E-state index is 13.8. The third-order valence-corrected chi connectivity index (χ3v) is 3.00. The molecular formula is C14H15FN2O2. The molecule has 5 heteroatoms. The average Bonchev–Trinajstić information content (AvgIpc) is 2.66. The van der Waals surface area contributed by atoms with Crippen LogP contribution in [0.5, 0.6) is 0 Å². The van der Waals surface area contributed by atoms with Gasteiger partial charge in [-0.3, -0.25) is 4.98 Å². The van der Waals surface area contributed by atoms with Crippen molar-refractivity contribution < 1.29 is 13.9 Å². The van der Waals surface area contributed by atoms with Gasteiger partial charge in [0.05, 0.1) is 18.5 Å². The van der Waals surface area contributed by atoms with Gasteiger partial charge >= 0.3 is 6.09 Å². The fraction of sp³-hybridized carbons (Fsp3) is 0.286. The van der Waals surface area contributed by atoms with E-state index in [1.165, 1.54) is 10.8 Å². The largest absolute Gasteiger partial charge is 0.449 e. The summed E-state index contributed by atoms with van der Waals surface area (Å²) in [6.45, 7) is 5.67. The van der Waals surface area contributed by atoms with Crippen LogP contribution in [-0.4, -0.2) is 22.3 Å². The molecular weight excluding hydrogens is 247 g/mol. The van der Waals surface area contributed by atoms with Gasteiger partial charge in [-0.2, -0.15) is 0 Å². The number of aromatic nitrogens is 2. The molecule has 0 saturated carbocycles. The summed E-state index contributed by atoms with van der Waals surface area (Å²) in [4.78, 5) is 15.7. The predicted octanol–water partition coefficient (Wildman–Crippen LogP) is 3.31. The van der Waals surface area contributed by atoms with Crippen LogP contribution in [0.2, 0.25) is 0 Å². The second kappa shape index (κ2) is 5.22. The number of halogens is 1. The van der Waals surface area contributed by atoms with E-state index >= 15 is 0 Å². The third kappa shape index (κ3) is 2.36. The van der Waals surface area contributed by atoms with Crippen LogP contribution < -0.4 is 0 Å². The van der Waals surface area contributed by atoms with Gasteiger partial charge < -0.3 is 4.74 Å². The van der Waals surface area contributed by atoms with Crippen molar-refractivity contribution in [3.63, 3.8) is 0 Å². The van der Waals surface area contributed by atoms with E-state index in [1.54, 1.807) is 26.0 Å². The van der Waals surface area contributed by atoms with E-state index in [-0.39, 0.29) is 6.61 Å². The molecule has 0 fully saturated rings. The van der Waals surface area contributed by atoms with Crippen molar-refractivity contribution >= 4 is 6.09 Å². The Morgan fingerprint density at radius 1 is 1.47 bits per heavy atom. The van der Waals surface area contributed by atoms with Gasteiger partial charge in [0.25, 0.3) is 0 Å². The van der Waals surface area contributed by atoms with Crippen molar-refractivity contribution in [1.29, 1.82) is 0 Å². The average molecular weight is 262 g/mol. The molecule has 0 aliphatic carbocycles. The van der Waals surface area contributed by atoms with Gasteiger partial charge in [0, 0.05) is 17.5 Å². The van der Waals surface area contributed by atoms with E-state index in [0.717, 1.165) is 17.5 Å². The highest BCUT2D eigenvalue weighted by atomic mass is 19.1. The number of carbonyl (C=O) groups is 1. The van der Waals surface area contributed by atoms with Crippen LogP contribution in [-0.2, 0) is 4.74 Å². The monoisotopic (exact) mass is 262 g/mol. The van der Waals surface area contributed by atoms with E-state index in [2.05, 4.69) is 4.98 Å².